The summed E-state index contributed by atoms with van der Waals surface area (Å²) in [6, 6.07) is 7.11. The van der Waals surface area contributed by atoms with Gasteiger partial charge in [-0.25, -0.2) is 18.0 Å². The zero-order valence-electron chi connectivity index (χ0n) is 16.3. The van der Waals surface area contributed by atoms with Crippen LogP contribution in [-0.4, -0.2) is 71.9 Å². The third-order valence-corrected chi connectivity index (χ3v) is 8.67. The summed E-state index contributed by atoms with van der Waals surface area (Å²) in [6.07, 6.45) is 0. The Kier molecular flexibility index (Phi) is 5.97. The van der Waals surface area contributed by atoms with Gasteiger partial charge in [0, 0.05) is 31.7 Å². The Morgan fingerprint density at radius 1 is 0.967 bits per heavy atom. The van der Waals surface area contributed by atoms with E-state index in [0.29, 0.717) is 16.9 Å². The van der Waals surface area contributed by atoms with E-state index in [2.05, 4.69) is 0 Å². The van der Waals surface area contributed by atoms with E-state index in [9.17, 15) is 33.0 Å². The van der Waals surface area contributed by atoms with E-state index in [4.69, 9.17) is 0 Å². The molecule has 3 rings (SSSR count). The lowest BCUT2D eigenvalue weighted by Crippen LogP contribution is -2.50. The topological polar surface area (TPSA) is 132 Å². The zero-order chi connectivity index (χ0) is 22.2. The highest BCUT2D eigenvalue weighted by atomic mass is 32.2. The van der Waals surface area contributed by atoms with Crippen LogP contribution in [0.1, 0.15) is 41.5 Å². The van der Waals surface area contributed by atoms with Crippen molar-refractivity contribution >= 4 is 39.2 Å². The normalized spacial score (nSPS) is 15.2. The summed E-state index contributed by atoms with van der Waals surface area (Å²) < 4.78 is 26.8. The predicted octanol–water partition coefficient (Wildman–Crippen LogP) is 1.91. The van der Waals surface area contributed by atoms with Gasteiger partial charge in [0.25, 0.3) is 15.9 Å². The molecule has 2 heterocycles. The number of amides is 1. The number of hydrogen-bond acceptors (Lipinski definition) is 6. The quantitative estimate of drug-likeness (QED) is 0.708. The van der Waals surface area contributed by atoms with Gasteiger partial charge in [0.05, 0.1) is 5.56 Å². The minimum absolute atomic E-state index is 0.0155. The highest BCUT2D eigenvalue weighted by molar-refractivity contribution is 7.91. The molecule has 0 radical (unpaired) electrons. The molecule has 160 valence electrons. The Morgan fingerprint density at radius 3 is 2.10 bits per heavy atom. The van der Waals surface area contributed by atoms with Crippen molar-refractivity contribution < 1.29 is 33.0 Å². The Balaban J connectivity index is 1.84. The summed E-state index contributed by atoms with van der Waals surface area (Å²) in [5.74, 6) is -3.07. The van der Waals surface area contributed by atoms with Crippen LogP contribution in [0.3, 0.4) is 0 Å². The lowest BCUT2D eigenvalue weighted by Gasteiger charge is -2.34. The van der Waals surface area contributed by atoms with Crippen molar-refractivity contribution in [3.63, 3.8) is 0 Å². The van der Waals surface area contributed by atoms with Crippen LogP contribution in [0.5, 0.6) is 0 Å². The van der Waals surface area contributed by atoms with Crippen LogP contribution in [0.4, 0.5) is 0 Å². The molecule has 1 aliphatic rings. The van der Waals surface area contributed by atoms with Gasteiger partial charge < -0.3 is 15.1 Å². The molecule has 2 aromatic rings. The van der Waals surface area contributed by atoms with E-state index < -0.39 is 31.7 Å². The van der Waals surface area contributed by atoms with E-state index in [1.165, 1.54) is 6.92 Å². The van der Waals surface area contributed by atoms with Crippen molar-refractivity contribution in [3.05, 3.63) is 51.4 Å². The van der Waals surface area contributed by atoms with Gasteiger partial charge in [-0.3, -0.25) is 4.79 Å². The summed E-state index contributed by atoms with van der Waals surface area (Å²) in [5, 5.41) is 18.7. The van der Waals surface area contributed by atoms with Crippen LogP contribution < -0.4 is 0 Å². The molecule has 1 saturated heterocycles. The van der Waals surface area contributed by atoms with Crippen LogP contribution in [0.2, 0.25) is 0 Å². The number of aryl methyl sites for hydroxylation is 1. The first-order valence-corrected chi connectivity index (χ1v) is 11.3. The number of aromatic carboxylic acids is 2. The maximum Gasteiger partial charge on any atom is 0.346 e. The van der Waals surface area contributed by atoms with E-state index in [-0.39, 0.29) is 42.5 Å². The fourth-order valence-corrected chi connectivity index (χ4v) is 6.59. The number of carbonyl (C=O) groups is 3. The molecule has 0 saturated carbocycles. The minimum Gasteiger partial charge on any atom is -0.478 e. The summed E-state index contributed by atoms with van der Waals surface area (Å²) in [5.41, 5.74) is 0.753. The molecule has 0 atom stereocenters. The number of sulfonamides is 1. The fourth-order valence-electron chi connectivity index (χ4n) is 3.35. The highest BCUT2D eigenvalue weighted by Gasteiger charge is 2.37. The van der Waals surface area contributed by atoms with Gasteiger partial charge >= 0.3 is 11.9 Å². The molecular weight excluding hydrogens is 432 g/mol. The molecule has 2 N–H and O–H groups in total. The van der Waals surface area contributed by atoms with Gasteiger partial charge in [-0.15, -0.1) is 11.3 Å². The van der Waals surface area contributed by atoms with Crippen molar-refractivity contribution in [2.45, 2.75) is 18.1 Å². The lowest BCUT2D eigenvalue weighted by molar-refractivity contribution is 0.0690. The molecular formula is C19H20N2O7S2. The predicted molar refractivity (Wildman–Crippen MR) is 109 cm³/mol. The molecule has 0 aliphatic carbocycles. The largest absolute Gasteiger partial charge is 0.478 e. The highest BCUT2D eigenvalue weighted by Crippen LogP contribution is 2.34. The van der Waals surface area contributed by atoms with Crippen molar-refractivity contribution in [2.75, 3.05) is 26.2 Å². The van der Waals surface area contributed by atoms with Gasteiger partial charge in [-0.2, -0.15) is 4.31 Å². The van der Waals surface area contributed by atoms with Crippen LogP contribution >= 0.6 is 11.3 Å². The van der Waals surface area contributed by atoms with Crippen LogP contribution in [-0.2, 0) is 10.0 Å². The van der Waals surface area contributed by atoms with Crippen LogP contribution in [0, 0.1) is 13.8 Å². The summed E-state index contributed by atoms with van der Waals surface area (Å²) in [6.45, 7) is 3.36. The fraction of sp³-hybridized carbons (Fsp3) is 0.316. The van der Waals surface area contributed by atoms with Gasteiger partial charge in [0.2, 0.25) is 0 Å². The number of thiophene rings is 1. The number of carboxylic acids is 2. The Morgan fingerprint density at radius 2 is 1.57 bits per heavy atom. The van der Waals surface area contributed by atoms with Gasteiger partial charge in [0.15, 0.2) is 4.21 Å². The molecule has 11 heteroatoms. The van der Waals surface area contributed by atoms with Gasteiger partial charge in [-0.05, 0) is 31.0 Å². The number of carboxylic acid groups (broad SMARTS) is 2. The average molecular weight is 453 g/mol. The molecule has 0 spiro atoms. The molecule has 30 heavy (non-hydrogen) atoms. The van der Waals surface area contributed by atoms with E-state index in [0.717, 1.165) is 9.87 Å². The van der Waals surface area contributed by atoms with Crippen LogP contribution in [0.25, 0.3) is 0 Å². The maximum absolute atomic E-state index is 13.1. The minimum atomic E-state index is -4.23. The molecule has 0 unspecified atom stereocenters. The number of benzene rings is 1. The first kappa shape index (κ1) is 21.9. The molecule has 1 amide bonds. The second-order valence-corrected chi connectivity index (χ2v) is 9.99. The summed E-state index contributed by atoms with van der Waals surface area (Å²) in [7, 11) is -4.23. The smallest absolute Gasteiger partial charge is 0.346 e. The lowest BCUT2D eigenvalue weighted by atomic mass is 10.1. The first-order valence-electron chi connectivity index (χ1n) is 9.00. The summed E-state index contributed by atoms with van der Waals surface area (Å²) >= 11 is 0.439. The molecule has 1 fully saturated rings. The third-order valence-electron chi connectivity index (χ3n) is 5.00. The number of carbonyl (C=O) groups excluding carboxylic acids is 1. The number of rotatable bonds is 5. The maximum atomic E-state index is 13.1. The Bertz CT molecular complexity index is 1130. The Hall–Kier alpha value is -2.76. The van der Waals surface area contributed by atoms with Crippen molar-refractivity contribution in [1.29, 1.82) is 0 Å². The monoisotopic (exact) mass is 452 g/mol. The first-order chi connectivity index (χ1) is 14.1. The van der Waals surface area contributed by atoms with Gasteiger partial charge in [0.1, 0.15) is 4.88 Å². The average Bonchev–Trinajstić information content (AvgIpc) is 3.06. The van der Waals surface area contributed by atoms with E-state index in [1.807, 2.05) is 19.1 Å². The van der Waals surface area contributed by atoms with Gasteiger partial charge in [-0.1, -0.05) is 18.2 Å². The Labute approximate surface area is 177 Å². The molecule has 1 aromatic carbocycles. The second kappa shape index (κ2) is 8.17. The van der Waals surface area contributed by atoms with E-state index >= 15 is 0 Å². The standard InChI is InChI=1S/C19H20N2O7S2/c1-11-5-3-4-6-13(11)16(22)20-7-9-21(10-8-20)30(27,28)19-14(17(23)24)12(2)15(29-19)18(25)26/h3-6H,7-10H2,1-2H3,(H,23,24)(H,25,26). The van der Waals surface area contributed by atoms with Crippen molar-refractivity contribution in [3.8, 4) is 0 Å². The number of nitrogens with zero attached hydrogens (tertiary/aromatic N) is 2. The van der Waals surface area contributed by atoms with Crippen molar-refractivity contribution in [1.82, 2.24) is 9.21 Å². The molecule has 0 bridgehead atoms. The van der Waals surface area contributed by atoms with Crippen molar-refractivity contribution in [2.24, 2.45) is 0 Å². The number of piperazine rings is 1. The molecule has 1 aromatic heterocycles. The summed E-state index contributed by atoms with van der Waals surface area (Å²) in [4.78, 5) is 36.9. The zero-order valence-corrected chi connectivity index (χ0v) is 17.9. The SMILES string of the molecule is Cc1ccccc1C(=O)N1CCN(S(=O)(=O)c2sc(C(=O)O)c(C)c2C(=O)O)CC1. The second-order valence-electron chi connectivity index (χ2n) is 6.84. The third kappa shape index (κ3) is 3.83. The number of hydrogen-bond donors (Lipinski definition) is 2. The van der Waals surface area contributed by atoms with Crippen LogP contribution in [0.15, 0.2) is 28.5 Å². The molecule has 9 nitrogen and oxygen atoms in total. The van der Waals surface area contributed by atoms with E-state index in [1.54, 1.807) is 17.0 Å². The molecule has 1 aliphatic heterocycles.